The van der Waals surface area contributed by atoms with E-state index in [1.807, 2.05) is 13.8 Å². The van der Waals surface area contributed by atoms with E-state index in [1.165, 1.54) is 18.5 Å². The molecule has 0 unspecified atom stereocenters. The van der Waals surface area contributed by atoms with Crippen molar-refractivity contribution < 1.29 is 53.1 Å². The third kappa shape index (κ3) is 4.85. The molecule has 1 aliphatic carbocycles. The number of hydrogen-bond acceptors (Lipinski definition) is 8. The summed E-state index contributed by atoms with van der Waals surface area (Å²) in [6.45, 7) is 3.78. The first-order valence-electron chi connectivity index (χ1n) is 8.86. The van der Waals surface area contributed by atoms with Crippen LogP contribution >= 0.6 is 0 Å². The van der Waals surface area contributed by atoms with Crippen LogP contribution in [0.5, 0.6) is 17.6 Å². The molecule has 29 heavy (non-hydrogen) atoms. The Morgan fingerprint density at radius 2 is 1.97 bits per heavy atom. The van der Waals surface area contributed by atoms with Gasteiger partial charge in [-0.15, -0.1) is 0 Å². The molecular weight excluding hydrogens is 390 g/mol. The third-order valence-electron chi connectivity index (χ3n) is 4.37. The first-order valence-corrected chi connectivity index (χ1v) is 8.86. The molecule has 10 heteroatoms. The van der Waals surface area contributed by atoms with Gasteiger partial charge in [0.25, 0.3) is 0 Å². The van der Waals surface area contributed by atoms with Gasteiger partial charge in [-0.2, -0.15) is 0 Å². The monoisotopic (exact) mass is 408 g/mol. The molecule has 0 bridgehead atoms. The maximum atomic E-state index is 15.1. The topological polar surface area (TPSA) is 106 Å². The normalized spacial score (nSPS) is 20.6. The Hall–Kier alpha value is -2.23. The number of pyridine rings is 1. The van der Waals surface area contributed by atoms with Gasteiger partial charge in [-0.05, 0) is 25.5 Å². The smallest absolute Gasteiger partial charge is 0.856 e. The summed E-state index contributed by atoms with van der Waals surface area (Å²) in [6.07, 6.45) is 4.41. The van der Waals surface area contributed by atoms with E-state index < -0.39 is 11.5 Å². The minimum absolute atomic E-state index is 0. The SMILES string of the molecule is CC(C)Oc1cc(C2(F)CC(Oc3cnc(-c4cc([O-])no4)cn3)C2)ccn1.[Na+]. The van der Waals surface area contributed by atoms with Crippen LogP contribution in [0.3, 0.4) is 0 Å². The fraction of sp³-hybridized carbons (Fsp3) is 0.368. The molecule has 0 N–H and O–H groups in total. The zero-order valence-corrected chi connectivity index (χ0v) is 18.3. The Morgan fingerprint density at radius 3 is 2.59 bits per heavy atom. The Labute approximate surface area is 188 Å². The molecule has 3 heterocycles. The van der Waals surface area contributed by atoms with Crippen LogP contribution < -0.4 is 44.1 Å². The first kappa shape index (κ1) is 21.5. The average Bonchev–Trinajstić information content (AvgIpc) is 3.07. The van der Waals surface area contributed by atoms with Crippen LogP contribution in [0.1, 0.15) is 32.3 Å². The van der Waals surface area contributed by atoms with Crippen molar-refractivity contribution in [3.05, 3.63) is 42.4 Å². The minimum Gasteiger partial charge on any atom is -0.856 e. The summed E-state index contributed by atoms with van der Waals surface area (Å²) < 4.78 is 31.2. The van der Waals surface area contributed by atoms with Gasteiger partial charge < -0.3 is 19.1 Å². The van der Waals surface area contributed by atoms with Crippen molar-refractivity contribution in [2.24, 2.45) is 0 Å². The zero-order valence-electron chi connectivity index (χ0n) is 16.3. The Bertz CT molecular complexity index is 961. The molecule has 146 valence electrons. The Balaban J connectivity index is 0.00000240. The summed E-state index contributed by atoms with van der Waals surface area (Å²) in [4.78, 5) is 12.4. The van der Waals surface area contributed by atoms with Crippen molar-refractivity contribution in [2.45, 2.75) is 44.6 Å². The maximum Gasteiger partial charge on any atom is 1.00 e. The van der Waals surface area contributed by atoms with Gasteiger partial charge in [0.15, 0.2) is 5.76 Å². The van der Waals surface area contributed by atoms with Crippen LogP contribution in [0.15, 0.2) is 41.3 Å². The van der Waals surface area contributed by atoms with Crippen molar-refractivity contribution in [3.63, 3.8) is 0 Å². The van der Waals surface area contributed by atoms with Crippen molar-refractivity contribution >= 4 is 0 Å². The van der Waals surface area contributed by atoms with Gasteiger partial charge in [0.1, 0.15) is 17.5 Å². The largest absolute Gasteiger partial charge is 1.00 e. The number of hydrogen-bond donors (Lipinski definition) is 0. The summed E-state index contributed by atoms with van der Waals surface area (Å²) in [5, 5.41) is 14.3. The second kappa shape index (κ2) is 8.64. The Kier molecular flexibility index (Phi) is 6.40. The molecule has 8 nitrogen and oxygen atoms in total. The first-order chi connectivity index (χ1) is 13.4. The fourth-order valence-corrected chi connectivity index (χ4v) is 3.03. The van der Waals surface area contributed by atoms with Crippen LogP contribution in [-0.4, -0.2) is 32.3 Å². The third-order valence-corrected chi connectivity index (χ3v) is 4.37. The van der Waals surface area contributed by atoms with E-state index in [0.29, 0.717) is 17.1 Å². The van der Waals surface area contributed by atoms with Gasteiger partial charge in [-0.3, -0.25) is 0 Å². The molecule has 0 saturated heterocycles. The second-order valence-corrected chi connectivity index (χ2v) is 6.93. The summed E-state index contributed by atoms with van der Waals surface area (Å²) in [5.74, 6) is 0.428. The van der Waals surface area contributed by atoms with Crippen LogP contribution in [0, 0.1) is 0 Å². The molecule has 0 aliphatic heterocycles. The van der Waals surface area contributed by atoms with Gasteiger partial charge in [-0.25, -0.2) is 19.3 Å². The molecule has 1 aliphatic rings. The van der Waals surface area contributed by atoms with Crippen molar-refractivity contribution in [1.29, 1.82) is 0 Å². The molecule has 0 spiro atoms. The number of ether oxygens (including phenoxy) is 2. The standard InChI is InChI=1S/C19H19FN4O4.Na/c1-11(2)26-17-5-12(3-4-21-17)19(20)7-13(8-19)27-18-10-22-14(9-23-18)15-6-16(25)24-28-15;/h3-6,9-11,13H,7-8H2,1-2H3,(H,24,25);/q;+1/p-1. The number of alkyl halides is 1. The summed E-state index contributed by atoms with van der Waals surface area (Å²) >= 11 is 0. The van der Waals surface area contributed by atoms with Crippen molar-refractivity contribution in [1.82, 2.24) is 20.1 Å². The number of halogens is 1. The molecule has 0 amide bonds. The van der Waals surface area contributed by atoms with Gasteiger partial charge in [0, 0.05) is 37.1 Å². The number of aromatic nitrogens is 4. The van der Waals surface area contributed by atoms with Crippen LogP contribution in [0.4, 0.5) is 4.39 Å². The predicted molar refractivity (Wildman–Crippen MR) is 93.4 cm³/mol. The molecule has 3 aromatic heterocycles. The van der Waals surface area contributed by atoms with Crippen LogP contribution in [0.25, 0.3) is 11.5 Å². The van der Waals surface area contributed by atoms with E-state index in [9.17, 15) is 5.11 Å². The number of rotatable bonds is 6. The van der Waals surface area contributed by atoms with Crippen molar-refractivity contribution in [3.8, 4) is 29.1 Å². The molecular formula is C19H18FN4NaO4. The fourth-order valence-electron chi connectivity index (χ4n) is 3.03. The van der Waals surface area contributed by atoms with Gasteiger partial charge in [0.05, 0.1) is 18.5 Å². The van der Waals surface area contributed by atoms with Crippen LogP contribution in [-0.2, 0) is 5.67 Å². The van der Waals surface area contributed by atoms with Crippen molar-refractivity contribution in [2.75, 3.05) is 0 Å². The molecule has 3 aromatic rings. The van der Waals surface area contributed by atoms with E-state index in [2.05, 4.69) is 20.1 Å². The van der Waals surface area contributed by atoms with E-state index in [-0.39, 0.29) is 66.2 Å². The second-order valence-electron chi connectivity index (χ2n) is 6.93. The summed E-state index contributed by atoms with van der Waals surface area (Å²) in [6, 6.07) is 4.51. The molecule has 0 radical (unpaired) electrons. The predicted octanol–water partition coefficient (Wildman–Crippen LogP) is -0.202. The van der Waals surface area contributed by atoms with Gasteiger partial charge in [0.2, 0.25) is 11.8 Å². The van der Waals surface area contributed by atoms with Gasteiger partial charge >= 0.3 is 29.6 Å². The molecule has 0 atom stereocenters. The van der Waals surface area contributed by atoms with E-state index in [0.717, 1.165) is 0 Å². The minimum atomic E-state index is -1.49. The molecule has 4 rings (SSSR count). The van der Waals surface area contributed by atoms with Gasteiger partial charge in [-0.1, -0.05) is 5.16 Å². The van der Waals surface area contributed by atoms with E-state index in [1.54, 1.807) is 18.3 Å². The van der Waals surface area contributed by atoms with E-state index in [4.69, 9.17) is 14.0 Å². The molecule has 1 saturated carbocycles. The molecule has 1 fully saturated rings. The van der Waals surface area contributed by atoms with Crippen LogP contribution in [0.2, 0.25) is 0 Å². The molecule has 0 aromatic carbocycles. The average molecular weight is 408 g/mol. The summed E-state index contributed by atoms with van der Waals surface area (Å²) in [7, 11) is 0. The van der Waals surface area contributed by atoms with E-state index >= 15 is 4.39 Å². The maximum absolute atomic E-state index is 15.1. The zero-order chi connectivity index (χ0) is 19.7. The summed E-state index contributed by atoms with van der Waals surface area (Å²) in [5.41, 5.74) is -0.594. The number of nitrogens with zero attached hydrogens (tertiary/aromatic N) is 4. The quantitative estimate of drug-likeness (QED) is 0.516. The Morgan fingerprint density at radius 1 is 1.17 bits per heavy atom.